The molecular formula is C18H21ClN6O3. The van der Waals surface area contributed by atoms with E-state index in [9.17, 15) is 14.9 Å². The number of hydrogen-bond donors (Lipinski definition) is 2. The molecule has 0 bridgehead atoms. The number of nitro groups is 1. The van der Waals surface area contributed by atoms with Crippen molar-refractivity contribution in [3.05, 3.63) is 51.3 Å². The molecule has 1 unspecified atom stereocenters. The number of carbonyl (C=O) groups is 1. The second-order valence-corrected chi connectivity index (χ2v) is 6.93. The van der Waals surface area contributed by atoms with Crippen LogP contribution in [0.3, 0.4) is 0 Å². The number of rotatable bonds is 6. The number of halogens is 1. The first-order valence-corrected chi connectivity index (χ1v) is 9.47. The van der Waals surface area contributed by atoms with Crippen molar-refractivity contribution < 1.29 is 9.72 Å². The summed E-state index contributed by atoms with van der Waals surface area (Å²) >= 11 is 5.89. The van der Waals surface area contributed by atoms with Gasteiger partial charge in [-0.3, -0.25) is 25.8 Å². The van der Waals surface area contributed by atoms with Gasteiger partial charge in [-0.2, -0.15) is 0 Å². The number of hydrogen-bond acceptors (Lipinski definition) is 7. The fourth-order valence-corrected chi connectivity index (χ4v) is 3.55. The van der Waals surface area contributed by atoms with E-state index in [4.69, 9.17) is 11.6 Å². The van der Waals surface area contributed by atoms with Crippen molar-refractivity contribution in [1.82, 2.24) is 15.4 Å². The summed E-state index contributed by atoms with van der Waals surface area (Å²) in [6.07, 6.45) is 5.14. The van der Waals surface area contributed by atoms with E-state index in [-0.39, 0.29) is 23.4 Å². The monoisotopic (exact) mass is 404 g/mol. The molecule has 28 heavy (non-hydrogen) atoms. The number of nitrogens with zero attached hydrogens (tertiary/aromatic N) is 4. The number of piperidine rings is 1. The van der Waals surface area contributed by atoms with Gasteiger partial charge in [-0.25, -0.2) is 9.97 Å². The highest BCUT2D eigenvalue weighted by atomic mass is 35.5. The van der Waals surface area contributed by atoms with Crippen LogP contribution in [0.5, 0.6) is 0 Å². The molecule has 10 heteroatoms. The van der Waals surface area contributed by atoms with Gasteiger partial charge in [0.25, 0.3) is 5.91 Å². The first-order valence-electron chi connectivity index (χ1n) is 9.09. The molecule has 1 aliphatic rings. The van der Waals surface area contributed by atoms with Crippen LogP contribution < -0.4 is 15.8 Å². The molecule has 148 valence electrons. The summed E-state index contributed by atoms with van der Waals surface area (Å²) < 4.78 is 0. The van der Waals surface area contributed by atoms with Crippen molar-refractivity contribution in [2.24, 2.45) is 0 Å². The maximum atomic E-state index is 12.3. The minimum atomic E-state index is -0.523. The minimum Gasteiger partial charge on any atom is -0.348 e. The lowest BCUT2D eigenvalue weighted by Crippen LogP contribution is -2.40. The lowest BCUT2D eigenvalue weighted by molar-refractivity contribution is -0.383. The van der Waals surface area contributed by atoms with Crippen LogP contribution in [0, 0.1) is 10.1 Å². The summed E-state index contributed by atoms with van der Waals surface area (Å²) in [7, 11) is 0. The van der Waals surface area contributed by atoms with Crippen LogP contribution in [0.4, 0.5) is 17.3 Å². The Bertz CT molecular complexity index is 878. The van der Waals surface area contributed by atoms with Crippen LogP contribution >= 0.6 is 11.6 Å². The summed E-state index contributed by atoms with van der Waals surface area (Å²) in [4.78, 5) is 33.6. The van der Waals surface area contributed by atoms with Gasteiger partial charge in [0.2, 0.25) is 11.6 Å². The van der Waals surface area contributed by atoms with Crippen LogP contribution in [0.2, 0.25) is 5.02 Å². The molecule has 3 rings (SSSR count). The normalized spacial score (nSPS) is 16.5. The van der Waals surface area contributed by atoms with Gasteiger partial charge in [-0.05, 0) is 43.9 Å². The molecule has 2 heterocycles. The van der Waals surface area contributed by atoms with E-state index < -0.39 is 10.8 Å². The molecule has 1 saturated heterocycles. The molecule has 2 N–H and O–H groups in total. The largest absolute Gasteiger partial charge is 0.355 e. The Morgan fingerprint density at radius 1 is 1.39 bits per heavy atom. The number of nitrogens with one attached hydrogen (secondary N) is 2. The molecular weight excluding hydrogens is 384 g/mol. The molecule has 0 aliphatic carbocycles. The Morgan fingerprint density at radius 3 is 2.93 bits per heavy atom. The second kappa shape index (κ2) is 8.83. The van der Waals surface area contributed by atoms with Gasteiger partial charge in [0.05, 0.1) is 4.92 Å². The Balaban J connectivity index is 1.85. The minimum absolute atomic E-state index is 0.0641. The third kappa shape index (κ3) is 4.30. The average molecular weight is 405 g/mol. The molecule has 1 aromatic heterocycles. The smallest absolute Gasteiger partial charge is 0.348 e. The van der Waals surface area contributed by atoms with E-state index in [1.807, 2.05) is 4.90 Å². The van der Waals surface area contributed by atoms with E-state index in [1.165, 1.54) is 12.4 Å². The molecule has 0 spiro atoms. The van der Waals surface area contributed by atoms with Crippen molar-refractivity contribution >= 4 is 34.8 Å². The van der Waals surface area contributed by atoms with E-state index in [0.29, 0.717) is 17.1 Å². The topological polar surface area (TPSA) is 113 Å². The average Bonchev–Trinajstić information content (AvgIpc) is 2.71. The molecule has 1 amide bonds. The highest BCUT2D eigenvalue weighted by Gasteiger charge is 2.32. The number of carbonyl (C=O) groups excluding carboxylic acids is 1. The van der Waals surface area contributed by atoms with Crippen LogP contribution in [-0.2, 0) is 0 Å². The first-order chi connectivity index (χ1) is 13.5. The van der Waals surface area contributed by atoms with Gasteiger partial charge in [-0.1, -0.05) is 24.6 Å². The summed E-state index contributed by atoms with van der Waals surface area (Å²) in [5, 5.41) is 12.2. The quantitative estimate of drug-likeness (QED) is 0.558. The number of aromatic nitrogens is 2. The maximum absolute atomic E-state index is 12.3. The molecule has 1 fully saturated rings. The highest BCUT2D eigenvalue weighted by molar-refractivity contribution is 6.30. The summed E-state index contributed by atoms with van der Waals surface area (Å²) in [6.45, 7) is 2.76. The first kappa shape index (κ1) is 19.8. The number of hydrazine groups is 1. The third-order valence-electron chi connectivity index (χ3n) is 4.74. The molecule has 1 aromatic carbocycles. The van der Waals surface area contributed by atoms with Crippen molar-refractivity contribution in [2.45, 2.75) is 38.6 Å². The van der Waals surface area contributed by atoms with Crippen LogP contribution in [-0.4, -0.2) is 33.4 Å². The highest BCUT2D eigenvalue weighted by Crippen LogP contribution is 2.35. The van der Waals surface area contributed by atoms with Crippen molar-refractivity contribution in [3.8, 4) is 0 Å². The third-order valence-corrected chi connectivity index (χ3v) is 4.97. The van der Waals surface area contributed by atoms with E-state index in [0.717, 1.165) is 25.7 Å². The Labute approximate surface area is 167 Å². The SMILES string of the molecule is CCC1CCCCN1c1ncnc(NNC(=O)c2cccc(Cl)c2)c1[N+](=O)[O-]. The Kier molecular flexibility index (Phi) is 6.25. The molecule has 9 nitrogen and oxygen atoms in total. The van der Waals surface area contributed by atoms with Crippen LogP contribution in [0.1, 0.15) is 43.0 Å². The Hall–Kier alpha value is -2.94. The van der Waals surface area contributed by atoms with Crippen molar-refractivity contribution in [3.63, 3.8) is 0 Å². The molecule has 1 aliphatic heterocycles. The summed E-state index contributed by atoms with van der Waals surface area (Å²) in [6, 6.07) is 6.57. The van der Waals surface area contributed by atoms with E-state index in [1.54, 1.807) is 18.2 Å². The predicted molar refractivity (Wildman–Crippen MR) is 107 cm³/mol. The van der Waals surface area contributed by atoms with Gasteiger partial charge >= 0.3 is 5.69 Å². The predicted octanol–water partition coefficient (Wildman–Crippen LogP) is 3.56. The van der Waals surface area contributed by atoms with Gasteiger partial charge in [0.15, 0.2) is 0 Å². The van der Waals surface area contributed by atoms with Crippen LogP contribution in [0.25, 0.3) is 0 Å². The molecule has 0 radical (unpaired) electrons. The molecule has 2 aromatic rings. The standard InChI is InChI=1S/C18H21ClN6O3/c1-2-14-8-3-4-9-24(14)17-15(25(27)28)16(20-11-21-17)22-23-18(26)12-6-5-7-13(19)10-12/h5-7,10-11,14H,2-4,8-9H2,1H3,(H,23,26)(H,20,21,22). The summed E-state index contributed by atoms with van der Waals surface area (Å²) in [5.41, 5.74) is 5.06. The number of anilines is 2. The summed E-state index contributed by atoms with van der Waals surface area (Å²) in [5.74, 6) is -0.279. The van der Waals surface area contributed by atoms with Gasteiger partial charge in [0.1, 0.15) is 6.33 Å². The fraction of sp³-hybridized carbons (Fsp3) is 0.389. The van der Waals surface area contributed by atoms with Crippen molar-refractivity contribution in [2.75, 3.05) is 16.9 Å². The van der Waals surface area contributed by atoms with Gasteiger partial charge in [-0.15, -0.1) is 0 Å². The zero-order valence-electron chi connectivity index (χ0n) is 15.4. The van der Waals surface area contributed by atoms with Crippen molar-refractivity contribution in [1.29, 1.82) is 0 Å². The lowest BCUT2D eigenvalue weighted by atomic mass is 10.00. The van der Waals surface area contributed by atoms with Gasteiger partial charge < -0.3 is 4.90 Å². The van der Waals surface area contributed by atoms with Crippen LogP contribution in [0.15, 0.2) is 30.6 Å². The Morgan fingerprint density at radius 2 is 2.21 bits per heavy atom. The lowest BCUT2D eigenvalue weighted by Gasteiger charge is -2.35. The fourth-order valence-electron chi connectivity index (χ4n) is 3.36. The second-order valence-electron chi connectivity index (χ2n) is 6.49. The molecule has 0 saturated carbocycles. The van der Waals surface area contributed by atoms with E-state index >= 15 is 0 Å². The number of benzene rings is 1. The van der Waals surface area contributed by atoms with Gasteiger partial charge in [0, 0.05) is 23.2 Å². The maximum Gasteiger partial charge on any atom is 0.355 e. The zero-order chi connectivity index (χ0) is 20.1. The van der Waals surface area contributed by atoms with E-state index in [2.05, 4.69) is 27.7 Å². The number of amides is 1. The zero-order valence-corrected chi connectivity index (χ0v) is 16.1. The molecule has 1 atom stereocenters.